The van der Waals surface area contributed by atoms with Crippen LogP contribution in [0, 0.1) is 0 Å². The molecule has 0 atom stereocenters. The monoisotopic (exact) mass is 400 g/mol. The topological polar surface area (TPSA) is 115 Å². The van der Waals surface area contributed by atoms with E-state index in [0.717, 1.165) is 44.2 Å². The summed E-state index contributed by atoms with van der Waals surface area (Å²) in [6, 6.07) is 11.2. The number of hydrogen-bond acceptors (Lipinski definition) is 7. The van der Waals surface area contributed by atoms with E-state index in [4.69, 9.17) is 9.84 Å². The third-order valence-electron chi connectivity index (χ3n) is 4.63. The summed E-state index contributed by atoms with van der Waals surface area (Å²) in [5.41, 5.74) is 0.532. The van der Waals surface area contributed by atoms with Crippen LogP contribution in [0.1, 0.15) is 10.5 Å². The summed E-state index contributed by atoms with van der Waals surface area (Å²) in [5.74, 6) is -1.30. The number of amides is 1. The SMILES string of the molecule is O=C(O)CNC(=O)c1ncc(N2CCN(CCOc3ccccc3)CC2)cc1O. The molecule has 3 N–H and O–H groups in total. The molecule has 1 aromatic carbocycles. The van der Waals surface area contributed by atoms with E-state index in [9.17, 15) is 14.7 Å². The van der Waals surface area contributed by atoms with Gasteiger partial charge in [-0.15, -0.1) is 0 Å². The summed E-state index contributed by atoms with van der Waals surface area (Å²) in [5, 5.41) is 20.9. The molecule has 0 unspecified atom stereocenters. The molecule has 1 amide bonds. The first kappa shape index (κ1) is 20.4. The van der Waals surface area contributed by atoms with Gasteiger partial charge in [0, 0.05) is 38.8 Å². The van der Waals surface area contributed by atoms with Crippen molar-refractivity contribution in [2.45, 2.75) is 0 Å². The van der Waals surface area contributed by atoms with Crippen molar-refractivity contribution >= 4 is 17.6 Å². The zero-order valence-electron chi connectivity index (χ0n) is 16.0. The third-order valence-corrected chi connectivity index (χ3v) is 4.63. The molecule has 0 spiro atoms. The second-order valence-corrected chi connectivity index (χ2v) is 6.63. The molecule has 1 saturated heterocycles. The van der Waals surface area contributed by atoms with E-state index < -0.39 is 18.4 Å². The minimum Gasteiger partial charge on any atom is -0.505 e. The smallest absolute Gasteiger partial charge is 0.322 e. The van der Waals surface area contributed by atoms with Crippen LogP contribution in [0.4, 0.5) is 5.69 Å². The highest BCUT2D eigenvalue weighted by atomic mass is 16.5. The largest absolute Gasteiger partial charge is 0.505 e. The molecule has 2 heterocycles. The Morgan fingerprint density at radius 2 is 1.86 bits per heavy atom. The van der Waals surface area contributed by atoms with E-state index in [1.807, 2.05) is 30.3 Å². The van der Waals surface area contributed by atoms with Crippen LogP contribution in [0.3, 0.4) is 0 Å². The van der Waals surface area contributed by atoms with Crippen LogP contribution in [-0.4, -0.2) is 77.8 Å². The number of carboxylic acids is 1. The number of piperazine rings is 1. The van der Waals surface area contributed by atoms with E-state index >= 15 is 0 Å². The molecule has 9 nitrogen and oxygen atoms in total. The maximum Gasteiger partial charge on any atom is 0.322 e. The molecule has 29 heavy (non-hydrogen) atoms. The third kappa shape index (κ3) is 5.82. The fourth-order valence-corrected chi connectivity index (χ4v) is 3.07. The number of ether oxygens (including phenoxy) is 1. The minimum atomic E-state index is -1.17. The fourth-order valence-electron chi connectivity index (χ4n) is 3.07. The number of hydrogen-bond donors (Lipinski definition) is 3. The second kappa shape index (κ2) is 9.74. The van der Waals surface area contributed by atoms with E-state index in [2.05, 4.69) is 20.1 Å². The van der Waals surface area contributed by atoms with Gasteiger partial charge in [0.15, 0.2) is 5.69 Å². The van der Waals surface area contributed by atoms with Crippen molar-refractivity contribution in [2.24, 2.45) is 0 Å². The molecule has 0 bridgehead atoms. The van der Waals surface area contributed by atoms with Gasteiger partial charge in [0.1, 0.15) is 24.7 Å². The minimum absolute atomic E-state index is 0.188. The summed E-state index contributed by atoms with van der Waals surface area (Å²) in [4.78, 5) is 30.8. The maximum atomic E-state index is 11.9. The van der Waals surface area contributed by atoms with Gasteiger partial charge in [-0.1, -0.05) is 18.2 Å². The van der Waals surface area contributed by atoms with Crippen molar-refractivity contribution in [1.29, 1.82) is 0 Å². The fraction of sp³-hybridized carbons (Fsp3) is 0.350. The Bertz CT molecular complexity index is 838. The Labute approximate surface area is 168 Å². The van der Waals surface area contributed by atoms with Crippen molar-refractivity contribution in [2.75, 3.05) is 50.8 Å². The molecule has 154 valence electrons. The summed E-state index contributed by atoms with van der Waals surface area (Å²) in [6.07, 6.45) is 1.52. The number of benzene rings is 1. The lowest BCUT2D eigenvalue weighted by Gasteiger charge is -2.35. The van der Waals surface area contributed by atoms with Crippen molar-refractivity contribution < 1.29 is 24.5 Å². The van der Waals surface area contributed by atoms with Crippen molar-refractivity contribution in [3.05, 3.63) is 48.3 Å². The number of pyridine rings is 1. The molecular formula is C20H24N4O5. The molecular weight excluding hydrogens is 376 g/mol. The van der Waals surface area contributed by atoms with Gasteiger partial charge in [-0.05, 0) is 12.1 Å². The normalized spacial score (nSPS) is 14.4. The van der Waals surface area contributed by atoms with Crippen LogP contribution in [0.5, 0.6) is 11.5 Å². The summed E-state index contributed by atoms with van der Waals surface area (Å²) < 4.78 is 5.73. The highest BCUT2D eigenvalue weighted by Gasteiger charge is 2.20. The van der Waals surface area contributed by atoms with Crippen molar-refractivity contribution in [3.8, 4) is 11.5 Å². The lowest BCUT2D eigenvalue weighted by Crippen LogP contribution is -2.47. The zero-order valence-corrected chi connectivity index (χ0v) is 16.0. The number of aliphatic carboxylic acids is 1. The number of aromatic hydroxyl groups is 1. The van der Waals surface area contributed by atoms with E-state index in [1.165, 1.54) is 12.3 Å². The van der Waals surface area contributed by atoms with E-state index in [1.54, 1.807) is 0 Å². The number of carbonyl (C=O) groups excluding carboxylic acids is 1. The molecule has 9 heteroatoms. The van der Waals surface area contributed by atoms with Crippen LogP contribution in [-0.2, 0) is 4.79 Å². The van der Waals surface area contributed by atoms with Crippen LogP contribution in [0.25, 0.3) is 0 Å². The van der Waals surface area contributed by atoms with Gasteiger partial charge in [-0.2, -0.15) is 0 Å². The number of nitrogens with zero attached hydrogens (tertiary/aromatic N) is 3. The number of para-hydroxylation sites is 1. The molecule has 1 fully saturated rings. The average molecular weight is 400 g/mol. The Balaban J connectivity index is 1.47. The standard InChI is InChI=1S/C20H24N4O5/c25-17-12-15(13-21-19(17)20(28)22-14-18(26)27)24-8-6-23(7-9-24)10-11-29-16-4-2-1-3-5-16/h1-5,12-13,25H,6-11,14H2,(H,22,28)(H,26,27). The predicted octanol–water partition coefficient (Wildman–Crippen LogP) is 0.803. The van der Waals surface area contributed by atoms with Gasteiger partial charge >= 0.3 is 5.97 Å². The molecule has 1 aromatic heterocycles. The summed E-state index contributed by atoms with van der Waals surface area (Å²) in [6.45, 7) is 4.13. The summed E-state index contributed by atoms with van der Waals surface area (Å²) >= 11 is 0. The average Bonchev–Trinajstić information content (AvgIpc) is 2.73. The van der Waals surface area contributed by atoms with Gasteiger partial charge in [0.2, 0.25) is 0 Å². The highest BCUT2D eigenvalue weighted by molar-refractivity contribution is 5.96. The lowest BCUT2D eigenvalue weighted by atomic mass is 10.2. The maximum absolute atomic E-state index is 11.9. The Morgan fingerprint density at radius 1 is 1.14 bits per heavy atom. The van der Waals surface area contributed by atoms with Crippen molar-refractivity contribution in [3.63, 3.8) is 0 Å². The molecule has 1 aliphatic rings. The van der Waals surface area contributed by atoms with Gasteiger partial charge in [0.25, 0.3) is 5.91 Å². The Morgan fingerprint density at radius 3 is 2.52 bits per heavy atom. The molecule has 0 saturated carbocycles. The number of rotatable bonds is 8. The van der Waals surface area contributed by atoms with Gasteiger partial charge in [-0.3, -0.25) is 14.5 Å². The molecule has 0 radical (unpaired) electrons. The molecule has 1 aliphatic heterocycles. The number of carbonyl (C=O) groups is 2. The number of anilines is 1. The Hall–Kier alpha value is -3.33. The zero-order chi connectivity index (χ0) is 20.6. The first-order valence-electron chi connectivity index (χ1n) is 9.37. The van der Waals surface area contributed by atoms with E-state index in [-0.39, 0.29) is 11.4 Å². The van der Waals surface area contributed by atoms with Crippen LogP contribution in [0.2, 0.25) is 0 Å². The molecule has 0 aliphatic carbocycles. The number of nitrogens with one attached hydrogen (secondary N) is 1. The molecule has 3 rings (SSSR count). The number of carboxylic acid groups (broad SMARTS) is 1. The van der Waals surface area contributed by atoms with Gasteiger partial charge < -0.3 is 25.2 Å². The highest BCUT2D eigenvalue weighted by Crippen LogP contribution is 2.23. The van der Waals surface area contributed by atoms with Crippen molar-refractivity contribution in [1.82, 2.24) is 15.2 Å². The summed E-state index contributed by atoms with van der Waals surface area (Å²) in [7, 11) is 0. The number of aromatic nitrogens is 1. The molecule has 2 aromatic rings. The van der Waals surface area contributed by atoms with Gasteiger partial charge in [0.05, 0.1) is 11.9 Å². The predicted molar refractivity (Wildman–Crippen MR) is 106 cm³/mol. The quantitative estimate of drug-likeness (QED) is 0.596. The first-order chi connectivity index (χ1) is 14.0. The lowest BCUT2D eigenvalue weighted by molar-refractivity contribution is -0.135. The van der Waals surface area contributed by atoms with Gasteiger partial charge in [-0.25, -0.2) is 4.98 Å². The van der Waals surface area contributed by atoms with E-state index in [0.29, 0.717) is 6.61 Å². The van der Waals surface area contributed by atoms with Crippen LogP contribution in [0.15, 0.2) is 42.6 Å². The Kier molecular flexibility index (Phi) is 6.85. The first-order valence-corrected chi connectivity index (χ1v) is 9.37. The van der Waals surface area contributed by atoms with Crippen LogP contribution < -0.4 is 15.0 Å². The van der Waals surface area contributed by atoms with Crippen LogP contribution >= 0.6 is 0 Å². The second-order valence-electron chi connectivity index (χ2n) is 6.63.